The van der Waals surface area contributed by atoms with Crippen molar-refractivity contribution in [1.82, 2.24) is 14.2 Å². The number of nitrogens with one attached hydrogen (secondary N) is 1. The first-order valence-electron chi connectivity index (χ1n) is 6.24. The number of nitrogens with zero attached hydrogens (tertiary/aromatic N) is 2. The van der Waals surface area contributed by atoms with Crippen molar-refractivity contribution in [2.24, 2.45) is 7.05 Å². The maximum atomic E-state index is 12.0. The maximum absolute atomic E-state index is 12.0. The summed E-state index contributed by atoms with van der Waals surface area (Å²) >= 11 is 0. The molecule has 0 aromatic carbocycles. The lowest BCUT2D eigenvalue weighted by Crippen LogP contribution is -2.25. The van der Waals surface area contributed by atoms with E-state index in [4.69, 9.17) is 5.11 Å². The molecule has 0 aliphatic rings. The van der Waals surface area contributed by atoms with Crippen molar-refractivity contribution in [2.45, 2.75) is 17.7 Å². The molecule has 0 atom stereocenters. The molecule has 1 rings (SSSR count). The highest BCUT2D eigenvalue weighted by Gasteiger charge is 2.21. The molecule has 1 amide bonds. The number of carbonyl (C=O) groups excluding carboxylic acids is 1. The van der Waals surface area contributed by atoms with Gasteiger partial charge in [0.25, 0.3) is 5.91 Å². The molecule has 1 aromatic rings. The standard InChI is InChI=1S/C12H19N3O5S/c1-14(2)12(18)10-7-9(8-15(10)3)21(19,20)13-6-4-5-11(16)17/h7-8,13H,4-6H2,1-3H3,(H,16,17). The molecule has 0 saturated carbocycles. The minimum atomic E-state index is -3.75. The molecule has 8 nitrogen and oxygen atoms in total. The average molecular weight is 317 g/mol. The van der Waals surface area contributed by atoms with Crippen molar-refractivity contribution < 1.29 is 23.1 Å². The van der Waals surface area contributed by atoms with Crippen LogP contribution in [-0.4, -0.2) is 55.5 Å². The Kier molecular flexibility index (Phi) is 5.50. The van der Waals surface area contributed by atoms with E-state index in [0.717, 1.165) is 0 Å². The number of hydrogen-bond acceptors (Lipinski definition) is 4. The molecule has 0 fully saturated rings. The lowest BCUT2D eigenvalue weighted by atomic mass is 10.3. The predicted molar refractivity (Wildman–Crippen MR) is 75.5 cm³/mol. The lowest BCUT2D eigenvalue weighted by molar-refractivity contribution is -0.137. The molecule has 1 heterocycles. The second kappa shape index (κ2) is 6.72. The molecule has 9 heteroatoms. The fraction of sp³-hybridized carbons (Fsp3) is 0.500. The van der Waals surface area contributed by atoms with Gasteiger partial charge in [0.15, 0.2) is 0 Å². The van der Waals surface area contributed by atoms with Crippen molar-refractivity contribution in [3.8, 4) is 0 Å². The quantitative estimate of drug-likeness (QED) is 0.681. The van der Waals surface area contributed by atoms with Crippen LogP contribution in [0.5, 0.6) is 0 Å². The molecule has 0 radical (unpaired) electrons. The molecule has 1 aromatic heterocycles. The van der Waals surface area contributed by atoms with Gasteiger partial charge in [-0.2, -0.15) is 0 Å². The molecule has 0 saturated heterocycles. The monoisotopic (exact) mass is 317 g/mol. The van der Waals surface area contributed by atoms with E-state index in [1.165, 1.54) is 21.7 Å². The Balaban J connectivity index is 2.83. The van der Waals surface area contributed by atoms with E-state index >= 15 is 0 Å². The largest absolute Gasteiger partial charge is 0.481 e. The molecule has 0 aliphatic heterocycles. The van der Waals surface area contributed by atoms with Gasteiger partial charge in [0.1, 0.15) is 10.6 Å². The third-order valence-corrected chi connectivity index (χ3v) is 4.20. The summed E-state index contributed by atoms with van der Waals surface area (Å²) in [5.41, 5.74) is 0.255. The zero-order valence-electron chi connectivity index (χ0n) is 12.2. The minimum absolute atomic E-state index is 0.0227. The first-order valence-corrected chi connectivity index (χ1v) is 7.73. The third kappa shape index (κ3) is 4.57. The van der Waals surface area contributed by atoms with Crippen molar-refractivity contribution in [2.75, 3.05) is 20.6 Å². The zero-order chi connectivity index (χ0) is 16.2. The van der Waals surface area contributed by atoms with E-state index in [2.05, 4.69) is 4.72 Å². The maximum Gasteiger partial charge on any atom is 0.303 e. The van der Waals surface area contributed by atoms with E-state index < -0.39 is 16.0 Å². The molecule has 0 bridgehead atoms. The molecule has 118 valence electrons. The summed E-state index contributed by atoms with van der Waals surface area (Å²) in [6.45, 7) is 0.0283. The van der Waals surface area contributed by atoms with Crippen LogP contribution < -0.4 is 4.72 Å². The number of carboxylic acids is 1. The molecular weight excluding hydrogens is 298 g/mol. The highest BCUT2D eigenvalue weighted by Crippen LogP contribution is 2.14. The smallest absolute Gasteiger partial charge is 0.303 e. The summed E-state index contributed by atoms with van der Waals surface area (Å²) < 4.78 is 27.8. The normalized spacial score (nSPS) is 11.4. The second-order valence-corrected chi connectivity index (χ2v) is 6.53. The number of aliphatic carboxylic acids is 1. The van der Waals surface area contributed by atoms with Gasteiger partial charge >= 0.3 is 5.97 Å². The van der Waals surface area contributed by atoms with Gasteiger partial charge in [-0.3, -0.25) is 9.59 Å². The molecule has 2 N–H and O–H groups in total. The molecule has 0 spiro atoms. The zero-order valence-corrected chi connectivity index (χ0v) is 13.0. The highest BCUT2D eigenvalue weighted by atomic mass is 32.2. The van der Waals surface area contributed by atoms with E-state index in [-0.39, 0.29) is 35.9 Å². The second-order valence-electron chi connectivity index (χ2n) is 4.77. The van der Waals surface area contributed by atoms with E-state index in [1.807, 2.05) is 0 Å². The summed E-state index contributed by atoms with van der Waals surface area (Å²) in [4.78, 5) is 23.6. The van der Waals surface area contributed by atoms with E-state index in [0.29, 0.717) is 0 Å². The average Bonchev–Trinajstić information content (AvgIpc) is 2.76. The minimum Gasteiger partial charge on any atom is -0.481 e. The van der Waals surface area contributed by atoms with Crippen LogP contribution >= 0.6 is 0 Å². The number of carbonyl (C=O) groups is 2. The number of hydrogen-bond donors (Lipinski definition) is 2. The van der Waals surface area contributed by atoms with Gasteiger partial charge in [-0.15, -0.1) is 0 Å². The summed E-state index contributed by atoms with van der Waals surface area (Å²) in [6, 6.07) is 1.29. The van der Waals surface area contributed by atoms with Gasteiger partial charge in [0.2, 0.25) is 10.0 Å². The van der Waals surface area contributed by atoms with Crippen LogP contribution in [0.2, 0.25) is 0 Å². The van der Waals surface area contributed by atoms with Crippen molar-refractivity contribution in [3.63, 3.8) is 0 Å². The topological polar surface area (TPSA) is 109 Å². The first kappa shape index (κ1) is 17.2. The summed E-state index contributed by atoms with van der Waals surface area (Å²) in [5, 5.41) is 8.49. The number of aromatic nitrogens is 1. The van der Waals surface area contributed by atoms with Gasteiger partial charge in [-0.1, -0.05) is 0 Å². The van der Waals surface area contributed by atoms with Gasteiger partial charge in [0.05, 0.1) is 0 Å². The van der Waals surface area contributed by atoms with Crippen LogP contribution in [0.25, 0.3) is 0 Å². The Bertz CT molecular complexity index is 633. The van der Waals surface area contributed by atoms with Crippen LogP contribution in [0.15, 0.2) is 17.2 Å². The number of sulfonamides is 1. The summed E-state index contributed by atoms with van der Waals surface area (Å²) in [6.07, 6.45) is 1.43. The van der Waals surface area contributed by atoms with Crippen LogP contribution in [0.4, 0.5) is 0 Å². The summed E-state index contributed by atoms with van der Waals surface area (Å²) in [5.74, 6) is -1.28. The molecule has 0 aliphatic carbocycles. The van der Waals surface area contributed by atoms with E-state index in [1.54, 1.807) is 21.1 Å². The van der Waals surface area contributed by atoms with Crippen molar-refractivity contribution in [3.05, 3.63) is 18.0 Å². The Hall–Kier alpha value is -1.87. The lowest BCUT2D eigenvalue weighted by Gasteiger charge is -2.09. The first-order chi connectivity index (χ1) is 9.65. The predicted octanol–water partition coefficient (Wildman–Crippen LogP) is -0.130. The Labute approximate surface area is 123 Å². The van der Waals surface area contributed by atoms with Crippen LogP contribution in [-0.2, 0) is 21.9 Å². The number of carboxylic acid groups (broad SMARTS) is 1. The fourth-order valence-corrected chi connectivity index (χ4v) is 2.80. The van der Waals surface area contributed by atoms with Crippen LogP contribution in [0.1, 0.15) is 23.3 Å². The van der Waals surface area contributed by atoms with Crippen molar-refractivity contribution in [1.29, 1.82) is 0 Å². The molecule has 0 unspecified atom stereocenters. The third-order valence-electron chi connectivity index (χ3n) is 2.77. The fourth-order valence-electron chi connectivity index (χ4n) is 1.65. The number of rotatable bonds is 7. The Morgan fingerprint density at radius 1 is 1.38 bits per heavy atom. The number of amides is 1. The highest BCUT2D eigenvalue weighted by molar-refractivity contribution is 7.89. The van der Waals surface area contributed by atoms with Crippen LogP contribution in [0.3, 0.4) is 0 Å². The Morgan fingerprint density at radius 3 is 2.52 bits per heavy atom. The summed E-state index contributed by atoms with van der Waals surface area (Å²) in [7, 11) is 0.984. The van der Waals surface area contributed by atoms with Gasteiger partial charge in [-0.05, 0) is 12.5 Å². The molecular formula is C12H19N3O5S. The van der Waals surface area contributed by atoms with Gasteiger partial charge in [0, 0.05) is 40.3 Å². The SMILES string of the molecule is CN(C)C(=O)c1cc(S(=O)(=O)NCCCC(=O)O)cn1C. The molecule has 21 heavy (non-hydrogen) atoms. The van der Waals surface area contributed by atoms with E-state index in [9.17, 15) is 18.0 Å². The van der Waals surface area contributed by atoms with Crippen LogP contribution in [0, 0.1) is 0 Å². The van der Waals surface area contributed by atoms with Crippen molar-refractivity contribution >= 4 is 21.9 Å². The van der Waals surface area contributed by atoms with Gasteiger partial charge < -0.3 is 14.6 Å². The Morgan fingerprint density at radius 2 is 2.00 bits per heavy atom. The van der Waals surface area contributed by atoms with Gasteiger partial charge in [-0.25, -0.2) is 13.1 Å². The number of aryl methyl sites for hydroxylation is 1.